The number of rotatable bonds is 15. The number of amides is 1. The summed E-state index contributed by atoms with van der Waals surface area (Å²) in [6.45, 7) is 6.26. The number of aromatic nitrogens is 4. The van der Waals surface area contributed by atoms with Crippen molar-refractivity contribution < 1.29 is 32.7 Å². The lowest BCUT2D eigenvalue weighted by Gasteiger charge is -2.23. The third-order valence-electron chi connectivity index (χ3n) is 7.20. The highest BCUT2D eigenvalue weighted by atomic mass is 32.2. The molecule has 0 radical (unpaired) electrons. The maximum absolute atomic E-state index is 13.8. The van der Waals surface area contributed by atoms with Gasteiger partial charge in [-0.3, -0.25) is 18.4 Å². The van der Waals surface area contributed by atoms with Gasteiger partial charge in [0.15, 0.2) is 16.6 Å². The second-order valence-electron chi connectivity index (χ2n) is 11.1. The number of carbonyl (C=O) groups excluding carboxylic acids is 2. The van der Waals surface area contributed by atoms with E-state index in [1.165, 1.54) is 13.4 Å². The van der Waals surface area contributed by atoms with Crippen LogP contribution in [0.4, 0.5) is 10.6 Å². The zero-order chi connectivity index (χ0) is 31.7. The molecule has 2 aromatic heterocycles. The largest absolute Gasteiger partial charge is 0.453 e. The quantitative estimate of drug-likeness (QED) is 0.157. The molecule has 4 rings (SSSR count). The third kappa shape index (κ3) is 8.99. The van der Waals surface area contributed by atoms with Crippen molar-refractivity contribution >= 4 is 47.7 Å². The second-order valence-corrected chi connectivity index (χ2v) is 14.0. The molecule has 4 unspecified atom stereocenters. The summed E-state index contributed by atoms with van der Waals surface area (Å²) < 4.78 is 38.2. The lowest BCUT2D eigenvalue weighted by molar-refractivity contribution is -0.118. The summed E-state index contributed by atoms with van der Waals surface area (Å²) in [7, 11) is -2.50. The van der Waals surface area contributed by atoms with Gasteiger partial charge in [0.05, 0.1) is 32.8 Å². The van der Waals surface area contributed by atoms with Crippen LogP contribution in [0.1, 0.15) is 45.4 Å². The summed E-state index contributed by atoms with van der Waals surface area (Å²) >= 11 is 1.08. The van der Waals surface area contributed by atoms with Crippen molar-refractivity contribution in [3.8, 4) is 0 Å². The number of nitrogens with two attached hydrogens (primary N) is 1. The molecule has 3 aromatic rings. The van der Waals surface area contributed by atoms with Crippen LogP contribution in [-0.4, -0.2) is 69.5 Å². The number of nitrogen functional groups attached to an aromatic ring is 1. The number of nitrogens with one attached hydrogen (secondary N) is 2. The Labute approximate surface area is 260 Å². The van der Waals surface area contributed by atoms with Crippen molar-refractivity contribution in [2.45, 2.75) is 52.5 Å². The molecule has 44 heavy (non-hydrogen) atoms. The molecule has 16 heteroatoms. The Morgan fingerprint density at radius 2 is 1.98 bits per heavy atom. The van der Waals surface area contributed by atoms with Crippen molar-refractivity contribution in [2.75, 3.05) is 38.4 Å². The first kappa shape index (κ1) is 33.8. The molecule has 0 aliphatic carbocycles. The van der Waals surface area contributed by atoms with Crippen LogP contribution >= 0.6 is 19.5 Å². The van der Waals surface area contributed by atoms with Gasteiger partial charge in [0.25, 0.3) is 0 Å². The van der Waals surface area contributed by atoms with Crippen LogP contribution in [0.25, 0.3) is 11.2 Å². The molecule has 14 nitrogen and oxygen atoms in total. The monoisotopic (exact) mass is 649 g/mol. The number of alkyl carbamates (subject to hydrolysis) is 1. The molecule has 4 atom stereocenters. The van der Waals surface area contributed by atoms with E-state index in [4.69, 9.17) is 19.5 Å². The molecule has 1 aromatic carbocycles. The molecule has 0 saturated carbocycles. The van der Waals surface area contributed by atoms with E-state index in [2.05, 4.69) is 30.1 Å². The summed E-state index contributed by atoms with van der Waals surface area (Å²) in [6, 6.07) is 9.49. The molecule has 0 bridgehead atoms. The number of carbonyl (C=O) groups is 2. The number of anilines is 1. The van der Waals surface area contributed by atoms with Crippen LogP contribution in [0.2, 0.25) is 0 Å². The van der Waals surface area contributed by atoms with Crippen LogP contribution in [0.5, 0.6) is 0 Å². The average molecular weight is 650 g/mol. The van der Waals surface area contributed by atoms with Crippen LogP contribution in [0.15, 0.2) is 43.0 Å². The van der Waals surface area contributed by atoms with E-state index in [-0.39, 0.29) is 48.9 Å². The Morgan fingerprint density at radius 3 is 2.73 bits per heavy atom. The van der Waals surface area contributed by atoms with Gasteiger partial charge in [0, 0.05) is 30.2 Å². The highest BCUT2D eigenvalue weighted by molar-refractivity contribution is 8.13. The Kier molecular flexibility index (Phi) is 11.7. The fraction of sp³-hybridized carbons (Fsp3) is 0.536. The van der Waals surface area contributed by atoms with Crippen molar-refractivity contribution in [1.82, 2.24) is 29.9 Å². The number of nitrogens with zero attached hydrogens (tertiary/aromatic N) is 4. The molecule has 3 heterocycles. The molecule has 4 N–H and O–H groups in total. The van der Waals surface area contributed by atoms with E-state index in [1.54, 1.807) is 6.33 Å². The topological polar surface area (TPSA) is 182 Å². The Balaban J connectivity index is 1.32. The lowest BCUT2D eigenvalue weighted by atomic mass is 9.91. The molecule has 1 amide bonds. The van der Waals surface area contributed by atoms with Crippen LogP contribution in [0, 0.1) is 11.3 Å². The Bertz CT molecular complexity index is 1460. The molecule has 1 saturated heterocycles. The van der Waals surface area contributed by atoms with Gasteiger partial charge in [-0.1, -0.05) is 62.9 Å². The van der Waals surface area contributed by atoms with Gasteiger partial charge in [-0.15, -0.1) is 0 Å². The van der Waals surface area contributed by atoms with E-state index in [1.807, 2.05) is 55.7 Å². The van der Waals surface area contributed by atoms with E-state index in [9.17, 15) is 14.2 Å². The molecule has 1 aliphatic heterocycles. The number of hydrogen-bond acceptors (Lipinski definition) is 12. The van der Waals surface area contributed by atoms with Gasteiger partial charge in [-0.2, -0.15) is 0 Å². The number of imidazole rings is 1. The van der Waals surface area contributed by atoms with Crippen molar-refractivity contribution in [3.63, 3.8) is 0 Å². The SMILES string of the molecule is COC(=O)NCCC(C)(C)C(=O)SCCOP(=O)(NCc1ccccc1)OCC1CC(C)C(n2cnc3c(N)ncnc32)O1. The maximum atomic E-state index is 13.8. The van der Waals surface area contributed by atoms with E-state index >= 15 is 0 Å². The first-order valence-corrected chi connectivity index (χ1v) is 16.8. The minimum atomic E-state index is -3.79. The molecule has 240 valence electrons. The van der Waals surface area contributed by atoms with Crippen LogP contribution < -0.4 is 16.1 Å². The Hall–Kier alpha value is -3.07. The zero-order valence-corrected chi connectivity index (χ0v) is 27.0. The predicted octanol–water partition coefficient (Wildman–Crippen LogP) is 4.30. The first-order chi connectivity index (χ1) is 21.0. The lowest BCUT2D eigenvalue weighted by Crippen LogP contribution is -2.31. The van der Waals surface area contributed by atoms with Crippen molar-refractivity contribution in [2.24, 2.45) is 11.3 Å². The van der Waals surface area contributed by atoms with Crippen molar-refractivity contribution in [3.05, 3.63) is 48.5 Å². The highest BCUT2D eigenvalue weighted by Crippen LogP contribution is 2.46. The number of ether oxygens (including phenoxy) is 2. The zero-order valence-electron chi connectivity index (χ0n) is 25.3. The van der Waals surface area contributed by atoms with Gasteiger partial charge >= 0.3 is 13.8 Å². The van der Waals surface area contributed by atoms with Gasteiger partial charge in [-0.25, -0.2) is 29.4 Å². The number of thioether (sulfide) groups is 1. The van der Waals surface area contributed by atoms with Gasteiger partial charge in [0.1, 0.15) is 18.1 Å². The van der Waals surface area contributed by atoms with E-state index < -0.39 is 19.3 Å². The fourth-order valence-corrected chi connectivity index (χ4v) is 6.95. The third-order valence-corrected chi connectivity index (χ3v) is 9.94. The van der Waals surface area contributed by atoms with Gasteiger partial charge < -0.3 is 20.5 Å². The van der Waals surface area contributed by atoms with E-state index in [0.717, 1.165) is 17.3 Å². The normalized spacial score (nSPS) is 20.0. The molecule has 1 aliphatic rings. The number of hydrogen-bond donors (Lipinski definition) is 3. The number of benzene rings is 1. The molecule has 1 fully saturated rings. The predicted molar refractivity (Wildman–Crippen MR) is 166 cm³/mol. The number of methoxy groups -OCH3 is 1. The summed E-state index contributed by atoms with van der Waals surface area (Å²) in [4.78, 5) is 36.7. The van der Waals surface area contributed by atoms with Crippen LogP contribution in [-0.2, 0) is 34.4 Å². The Morgan fingerprint density at radius 1 is 1.20 bits per heavy atom. The standard InChI is InChI=1S/C28H40N7O7PS/c1-19-14-21(42-25(19)35-18-33-22-23(29)31-17-32-24(22)35)16-41-43(38,34-15-20-8-6-5-7-9-20)40-12-13-44-26(36)28(2,3)10-11-30-27(37)39-4/h5-9,17-19,21,25H,10-16H2,1-4H3,(H,30,37)(H,34,38)(H2,29,31,32). The second kappa shape index (κ2) is 15.3. The molecule has 0 spiro atoms. The number of fused-ring (bicyclic) bond motifs is 1. The van der Waals surface area contributed by atoms with Crippen molar-refractivity contribution in [1.29, 1.82) is 0 Å². The van der Waals surface area contributed by atoms with Gasteiger partial charge in [-0.05, 0) is 18.4 Å². The smallest absolute Gasteiger partial charge is 0.406 e. The molecular weight excluding hydrogens is 609 g/mol. The highest BCUT2D eigenvalue weighted by Gasteiger charge is 2.37. The maximum Gasteiger partial charge on any atom is 0.406 e. The molecular formula is C28H40N7O7PS. The minimum absolute atomic E-state index is 0.0126. The fourth-order valence-electron chi connectivity index (χ4n) is 4.65. The van der Waals surface area contributed by atoms with Crippen LogP contribution in [0.3, 0.4) is 0 Å². The summed E-state index contributed by atoms with van der Waals surface area (Å²) in [5.74, 6) is 0.648. The summed E-state index contributed by atoms with van der Waals surface area (Å²) in [6.07, 6.45) is 2.82. The average Bonchev–Trinajstić information content (AvgIpc) is 3.61. The summed E-state index contributed by atoms with van der Waals surface area (Å²) in [5, 5.41) is 5.46. The minimum Gasteiger partial charge on any atom is -0.453 e. The van der Waals surface area contributed by atoms with Gasteiger partial charge in [0.2, 0.25) is 0 Å². The van der Waals surface area contributed by atoms with E-state index in [0.29, 0.717) is 36.4 Å². The summed E-state index contributed by atoms with van der Waals surface area (Å²) in [5.41, 5.74) is 7.23. The first-order valence-electron chi connectivity index (χ1n) is 14.3.